The molecular weight excluding hydrogens is 928 g/mol. The first-order chi connectivity index (χ1) is 34.5. The maximum atomic E-state index is 6.26. The molecule has 0 spiro atoms. The van der Waals surface area contributed by atoms with E-state index in [4.69, 9.17) is 48.0 Å². The van der Waals surface area contributed by atoms with E-state index in [-0.39, 0.29) is 0 Å². The molecule has 0 amide bonds. The van der Waals surface area contributed by atoms with Crippen LogP contribution in [0, 0.1) is 0 Å². The van der Waals surface area contributed by atoms with Crippen molar-refractivity contribution >= 4 is 67.0 Å². The standard InChI is InChI=1S/3C21H42OS.Al/c3*1-2-3-4-5-6-7-8-9-10-11-12-13-14-15-16-17-18-19-20-21(22)23;/h3*2-20H2,1H3,(H,22,23);/q;;;+3/p-3. The first kappa shape index (κ1) is 70.2. The second-order valence-electron chi connectivity index (χ2n) is 22.0. The van der Waals surface area contributed by atoms with Crippen LogP contribution in [0.4, 0.5) is 0 Å². The van der Waals surface area contributed by atoms with Gasteiger partial charge in [-0.05, 0) is 55.9 Å². The monoisotopic (exact) mass is 1050 g/mol. The van der Waals surface area contributed by atoms with Gasteiger partial charge >= 0.3 is 15.1 Å². The number of rotatable bonds is 60. The zero-order valence-electron chi connectivity index (χ0n) is 47.8. The van der Waals surface area contributed by atoms with E-state index in [1.54, 1.807) is 0 Å². The topological polar surface area (TPSA) is 27.7 Å². The Labute approximate surface area is 462 Å². The summed E-state index contributed by atoms with van der Waals surface area (Å²) < 4.78 is 18.8. The Morgan fingerprint density at radius 2 is 0.314 bits per heavy atom. The smallest absolute Gasteiger partial charge is 0.572 e. The van der Waals surface area contributed by atoms with E-state index >= 15 is 0 Å². The molecule has 0 rings (SSSR count). The summed E-state index contributed by atoms with van der Waals surface area (Å²) in [6.07, 6.45) is 76.6. The van der Waals surface area contributed by atoms with Crippen LogP contribution in [0.15, 0.2) is 0 Å². The third kappa shape index (κ3) is 59.1. The fourth-order valence-electron chi connectivity index (χ4n) is 10.1. The second-order valence-corrected chi connectivity index (χ2v) is 24.7. The highest BCUT2D eigenvalue weighted by atomic mass is 32.1. The highest BCUT2D eigenvalue weighted by molar-refractivity contribution is 7.80. The van der Waals surface area contributed by atoms with Crippen molar-refractivity contribution in [3.63, 3.8) is 0 Å². The van der Waals surface area contributed by atoms with Gasteiger partial charge in [0.05, 0.1) is 0 Å². The van der Waals surface area contributed by atoms with Crippen LogP contribution >= 0.6 is 36.7 Å². The third-order valence-corrected chi connectivity index (χ3v) is 17.7. The summed E-state index contributed by atoms with van der Waals surface area (Å²) in [5.41, 5.74) is 0. The second kappa shape index (κ2) is 61.7. The zero-order chi connectivity index (χ0) is 50.7. The molecule has 0 aliphatic heterocycles. The molecule has 414 valence electrons. The average molecular weight is 1050 g/mol. The van der Waals surface area contributed by atoms with Crippen molar-refractivity contribution in [3.8, 4) is 0 Å². The highest BCUT2D eigenvalue weighted by Crippen LogP contribution is 2.19. The minimum Gasteiger partial charge on any atom is -0.572 e. The predicted octanol–water partition coefficient (Wildman–Crippen LogP) is 24.3. The molecule has 0 radical (unpaired) electrons. The van der Waals surface area contributed by atoms with E-state index in [2.05, 4.69) is 20.8 Å². The summed E-state index contributed by atoms with van der Waals surface area (Å²) >= 11 is 14.6. The van der Waals surface area contributed by atoms with Crippen molar-refractivity contribution in [1.82, 2.24) is 0 Å². The minimum absolute atomic E-state index is 0.611. The molecule has 0 fully saturated rings. The van der Waals surface area contributed by atoms with Gasteiger partial charge in [-0.1, -0.05) is 348 Å². The fourth-order valence-corrected chi connectivity index (χ4v) is 12.4. The Morgan fingerprint density at radius 3 is 0.443 bits per heavy atom. The fraction of sp³-hybridized carbons (Fsp3) is 0.952. The minimum atomic E-state index is -2.63. The van der Waals surface area contributed by atoms with E-state index in [1.165, 1.54) is 327 Å². The normalized spacial score (nSPS) is 11.4. The quantitative estimate of drug-likeness (QED) is 0.0342. The molecular formula is C63H123AlO3S3. The van der Waals surface area contributed by atoms with Crippen molar-refractivity contribution in [1.29, 1.82) is 0 Å². The van der Waals surface area contributed by atoms with Gasteiger partial charge in [0.2, 0.25) is 0 Å². The van der Waals surface area contributed by atoms with Crippen LogP contribution in [0.2, 0.25) is 0 Å². The lowest BCUT2D eigenvalue weighted by Gasteiger charge is -2.18. The van der Waals surface area contributed by atoms with Crippen LogP contribution < -0.4 is 0 Å². The van der Waals surface area contributed by atoms with Crippen LogP contribution in [0.25, 0.3) is 0 Å². The molecule has 0 aromatic rings. The summed E-state index contributed by atoms with van der Waals surface area (Å²) in [4.78, 5) is 0. The molecule has 3 nitrogen and oxygen atoms in total. The van der Waals surface area contributed by atoms with E-state index < -0.39 is 15.1 Å². The van der Waals surface area contributed by atoms with Crippen LogP contribution in [-0.2, 0) is 11.4 Å². The van der Waals surface area contributed by atoms with Gasteiger partial charge in [-0.3, -0.25) is 0 Å². The van der Waals surface area contributed by atoms with Crippen LogP contribution in [0.3, 0.4) is 0 Å². The summed E-state index contributed by atoms with van der Waals surface area (Å²) in [6.45, 7) is 6.91. The zero-order valence-corrected chi connectivity index (χ0v) is 51.4. The summed E-state index contributed by atoms with van der Waals surface area (Å²) in [5.74, 6) is 0. The summed E-state index contributed by atoms with van der Waals surface area (Å²) in [6, 6.07) is 0. The Balaban J connectivity index is 4.29. The lowest BCUT2D eigenvalue weighted by atomic mass is 10.0. The average Bonchev–Trinajstić information content (AvgIpc) is 3.35. The van der Waals surface area contributed by atoms with Gasteiger partial charge in [0, 0.05) is 19.3 Å². The molecule has 7 heteroatoms. The van der Waals surface area contributed by atoms with Crippen molar-refractivity contribution in [2.45, 2.75) is 387 Å². The van der Waals surface area contributed by atoms with Gasteiger partial charge < -0.3 is 11.4 Å². The molecule has 0 aliphatic carbocycles. The van der Waals surface area contributed by atoms with Crippen molar-refractivity contribution < 1.29 is 11.4 Å². The largest absolute Gasteiger partial charge is 1.20 e. The lowest BCUT2D eigenvalue weighted by Crippen LogP contribution is -2.33. The first-order valence-electron chi connectivity index (χ1n) is 32.1. The molecule has 0 aliphatic rings. The molecule has 0 atom stereocenters. The number of hydrogen-bond acceptors (Lipinski definition) is 6. The first-order valence-corrected chi connectivity index (χ1v) is 34.8. The van der Waals surface area contributed by atoms with Crippen molar-refractivity contribution in [3.05, 3.63) is 0 Å². The van der Waals surface area contributed by atoms with Crippen LogP contribution in [0.1, 0.15) is 387 Å². The van der Waals surface area contributed by atoms with Gasteiger partial charge in [-0.15, -0.1) is 0 Å². The highest BCUT2D eigenvalue weighted by Gasteiger charge is 2.46. The van der Waals surface area contributed by atoms with Gasteiger partial charge in [0.15, 0.2) is 0 Å². The Kier molecular flexibility index (Phi) is 61.9. The third-order valence-electron chi connectivity index (χ3n) is 14.9. The maximum Gasteiger partial charge on any atom is 1.20 e. The predicted molar refractivity (Wildman–Crippen MR) is 327 cm³/mol. The van der Waals surface area contributed by atoms with Gasteiger partial charge in [0.1, 0.15) is 15.2 Å². The Morgan fingerprint density at radius 1 is 0.200 bits per heavy atom. The molecule has 0 aromatic carbocycles. The van der Waals surface area contributed by atoms with E-state index in [1.807, 2.05) is 0 Å². The van der Waals surface area contributed by atoms with Crippen molar-refractivity contribution in [2.24, 2.45) is 0 Å². The number of thiocarbonyl (C=S) groups is 3. The molecule has 0 aromatic heterocycles. The van der Waals surface area contributed by atoms with E-state index in [0.717, 1.165) is 38.5 Å². The van der Waals surface area contributed by atoms with Gasteiger partial charge in [0.25, 0.3) is 0 Å². The molecule has 0 unspecified atom stereocenters. The Bertz CT molecular complexity index is 930. The van der Waals surface area contributed by atoms with Crippen LogP contribution in [-0.4, -0.2) is 30.3 Å². The maximum absolute atomic E-state index is 6.26. The number of unbranched alkanes of at least 4 members (excludes halogenated alkanes) is 51. The van der Waals surface area contributed by atoms with Crippen LogP contribution in [0.5, 0.6) is 0 Å². The molecule has 0 N–H and O–H groups in total. The molecule has 0 heterocycles. The van der Waals surface area contributed by atoms with Crippen molar-refractivity contribution in [2.75, 3.05) is 0 Å². The summed E-state index contributed by atoms with van der Waals surface area (Å²) in [5, 5.41) is 1.83. The van der Waals surface area contributed by atoms with Gasteiger partial charge in [-0.25, -0.2) is 0 Å². The molecule has 0 saturated heterocycles. The summed E-state index contributed by atoms with van der Waals surface area (Å²) in [7, 11) is 0. The molecule has 70 heavy (non-hydrogen) atoms. The molecule has 0 bridgehead atoms. The SMILES string of the molecule is CCCCCCCCCCCCCCCCCCCCC(=S)[O][Al]([O]C(=S)CCCCCCCCCCCCCCCCCCCC)[O]C(=S)CCCCCCCCCCCCCCCCCCCC. The van der Waals surface area contributed by atoms with Gasteiger partial charge in [-0.2, -0.15) is 0 Å². The Hall–Kier alpha value is 0.202. The molecule has 0 saturated carbocycles. The lowest BCUT2D eigenvalue weighted by molar-refractivity contribution is 0.289. The number of hydrogen-bond donors (Lipinski definition) is 0. The van der Waals surface area contributed by atoms with E-state index in [0.29, 0.717) is 15.2 Å². The van der Waals surface area contributed by atoms with E-state index in [9.17, 15) is 0 Å².